The van der Waals surface area contributed by atoms with E-state index in [1.807, 2.05) is 6.08 Å². The van der Waals surface area contributed by atoms with Crippen LogP contribution in [0.15, 0.2) is 63.9 Å². The number of carbonyl (C=O) groups is 1. The number of allylic oxidation sites excluding steroid dienone is 3. The summed E-state index contributed by atoms with van der Waals surface area (Å²) >= 11 is 0. The van der Waals surface area contributed by atoms with E-state index in [4.69, 9.17) is 5.26 Å². The largest absolute Gasteiger partial charge is 0.420 e. The summed E-state index contributed by atoms with van der Waals surface area (Å²) in [5, 5.41) is 9.14. The fourth-order valence-corrected chi connectivity index (χ4v) is 6.55. The second kappa shape index (κ2) is 8.21. The molecule has 0 spiro atoms. The molecule has 0 fully saturated rings. The van der Waals surface area contributed by atoms with Crippen molar-refractivity contribution in [1.82, 2.24) is 0 Å². The van der Waals surface area contributed by atoms with Crippen molar-refractivity contribution in [3.8, 4) is 6.07 Å². The first-order valence-corrected chi connectivity index (χ1v) is 12.9. The summed E-state index contributed by atoms with van der Waals surface area (Å²) in [6.07, 6.45) is -2.26. The second-order valence-corrected chi connectivity index (χ2v) is 11.9. The minimum Gasteiger partial charge on any atom is -0.292 e. The molecule has 0 N–H and O–H groups in total. The Morgan fingerprint density at radius 2 is 1.59 bits per heavy atom. The van der Waals surface area contributed by atoms with Gasteiger partial charge in [-0.1, -0.05) is 29.8 Å². The molecular weight excluding hydrogens is 491 g/mol. The molecule has 11 heteroatoms. The Bertz CT molecular complexity index is 1510. The molecule has 1 aliphatic carbocycles. The molecule has 1 unspecified atom stereocenters. The highest BCUT2D eigenvalue weighted by molar-refractivity contribution is 7.94. The number of hydrogen-bond donors (Lipinski definition) is 0. The van der Waals surface area contributed by atoms with Crippen molar-refractivity contribution in [3.05, 3.63) is 76.9 Å². The number of Topliss-reactive ketones (excluding diaryl/α,β-unsaturated/α-hetero) is 1. The van der Waals surface area contributed by atoms with Crippen LogP contribution in [0, 0.1) is 24.3 Å². The van der Waals surface area contributed by atoms with E-state index >= 15 is 0 Å². The summed E-state index contributed by atoms with van der Waals surface area (Å²) in [4.78, 5) is 11.6. The van der Waals surface area contributed by atoms with Crippen LogP contribution >= 0.6 is 0 Å². The van der Waals surface area contributed by atoms with Crippen molar-refractivity contribution in [2.45, 2.75) is 34.6 Å². The molecule has 34 heavy (non-hydrogen) atoms. The van der Waals surface area contributed by atoms with Gasteiger partial charge in [-0.3, -0.25) is 4.79 Å². The fourth-order valence-electron chi connectivity index (χ4n) is 3.73. The van der Waals surface area contributed by atoms with Crippen LogP contribution in [0.1, 0.15) is 23.6 Å². The molecule has 2 aromatic rings. The number of nitrogens with zero attached hydrogens (tertiary/aromatic N) is 1. The van der Waals surface area contributed by atoms with Crippen LogP contribution in [0.25, 0.3) is 5.57 Å². The summed E-state index contributed by atoms with van der Waals surface area (Å²) in [7, 11) is -9.78. The van der Waals surface area contributed by atoms with Gasteiger partial charge < -0.3 is 0 Å². The van der Waals surface area contributed by atoms with E-state index in [-0.39, 0.29) is 11.1 Å². The number of nitriles is 1. The van der Waals surface area contributed by atoms with Gasteiger partial charge >= 0.3 is 6.18 Å². The SMILES string of the molecule is CC1=[C]C(=O)C(C(F)(F)F)(S(=O)(=O)c2ccc(C)cc2)C(c2ccc(C#N)cc2S(C)(=O)=O)=C1. The quantitative estimate of drug-likeness (QED) is 0.622. The zero-order valence-corrected chi connectivity index (χ0v) is 19.7. The van der Waals surface area contributed by atoms with Gasteiger partial charge in [0.15, 0.2) is 15.6 Å². The molecule has 1 aliphatic rings. The van der Waals surface area contributed by atoms with E-state index < -0.39 is 57.3 Å². The molecular formula is C23H17F3NO5S2. The molecule has 0 amide bonds. The molecule has 0 saturated heterocycles. The number of benzene rings is 2. The van der Waals surface area contributed by atoms with Crippen molar-refractivity contribution in [1.29, 1.82) is 5.26 Å². The fraction of sp³-hybridized carbons (Fsp3) is 0.217. The molecule has 0 bridgehead atoms. The molecule has 3 rings (SSSR count). The Morgan fingerprint density at radius 3 is 2.09 bits per heavy atom. The van der Waals surface area contributed by atoms with E-state index in [9.17, 15) is 34.8 Å². The van der Waals surface area contributed by atoms with Crippen LogP contribution in [-0.2, 0) is 24.5 Å². The highest BCUT2D eigenvalue weighted by atomic mass is 32.2. The van der Waals surface area contributed by atoms with E-state index in [0.717, 1.165) is 36.4 Å². The number of alkyl halides is 3. The Hall–Kier alpha value is -3.23. The van der Waals surface area contributed by atoms with Crippen LogP contribution in [-0.4, -0.2) is 39.8 Å². The number of sulfone groups is 2. The minimum absolute atomic E-state index is 0.122. The number of ketones is 1. The van der Waals surface area contributed by atoms with Gasteiger partial charge in [-0.25, -0.2) is 16.8 Å². The standard InChI is InChI=1S/C23H17F3NO5S2/c1-14-4-7-17(8-5-14)34(31,32)22(23(24,25)26)19(10-15(2)11-21(22)28)18-9-6-16(13-27)12-20(18)33(3,29)30/h4-10,12H,1-3H3. The second-order valence-electron chi connectivity index (χ2n) is 7.79. The molecule has 1 radical (unpaired) electrons. The Morgan fingerprint density at radius 1 is 1.00 bits per heavy atom. The van der Waals surface area contributed by atoms with Crippen molar-refractivity contribution < 1.29 is 34.8 Å². The van der Waals surface area contributed by atoms with E-state index in [1.54, 1.807) is 13.0 Å². The lowest BCUT2D eigenvalue weighted by Gasteiger charge is -2.37. The summed E-state index contributed by atoms with van der Waals surface area (Å²) in [6.45, 7) is 2.84. The Labute approximate surface area is 194 Å². The van der Waals surface area contributed by atoms with Crippen LogP contribution < -0.4 is 0 Å². The van der Waals surface area contributed by atoms with Crippen molar-refractivity contribution in [2.75, 3.05) is 6.26 Å². The van der Waals surface area contributed by atoms with Crippen LogP contribution in [0.5, 0.6) is 0 Å². The summed E-state index contributed by atoms with van der Waals surface area (Å²) in [5.41, 5.74) is -1.46. The third-order valence-electron chi connectivity index (χ3n) is 5.30. The maximum Gasteiger partial charge on any atom is 0.420 e. The van der Waals surface area contributed by atoms with E-state index in [1.165, 1.54) is 19.1 Å². The van der Waals surface area contributed by atoms with E-state index in [0.29, 0.717) is 11.8 Å². The summed E-state index contributed by atoms with van der Waals surface area (Å²) in [5.74, 6) is -1.89. The predicted octanol–water partition coefficient (Wildman–Crippen LogP) is 3.76. The zero-order valence-electron chi connectivity index (χ0n) is 18.1. The van der Waals surface area contributed by atoms with Gasteiger partial charge in [0.25, 0.3) is 4.75 Å². The smallest absolute Gasteiger partial charge is 0.292 e. The number of halogens is 3. The van der Waals surface area contributed by atoms with Gasteiger partial charge in [-0.2, -0.15) is 18.4 Å². The normalized spacial score (nSPS) is 19.3. The first-order chi connectivity index (χ1) is 15.6. The average molecular weight is 509 g/mol. The van der Waals surface area contributed by atoms with Crippen molar-refractivity contribution >= 4 is 31.0 Å². The summed E-state index contributed by atoms with van der Waals surface area (Å²) < 4.78 is 92.6. The number of rotatable bonds is 4. The van der Waals surface area contributed by atoms with Gasteiger partial charge in [0.2, 0.25) is 9.84 Å². The molecule has 0 aromatic heterocycles. The third kappa shape index (κ3) is 3.86. The third-order valence-corrected chi connectivity index (χ3v) is 8.78. The highest BCUT2D eigenvalue weighted by Crippen LogP contribution is 2.52. The molecule has 177 valence electrons. The molecule has 1 atom stereocenters. The van der Waals surface area contributed by atoms with Crippen molar-refractivity contribution in [3.63, 3.8) is 0 Å². The van der Waals surface area contributed by atoms with Gasteiger partial charge in [0.05, 0.1) is 21.4 Å². The number of aryl methyl sites for hydroxylation is 1. The Kier molecular flexibility index (Phi) is 6.14. The van der Waals surface area contributed by atoms with Gasteiger partial charge in [-0.05, 0) is 54.8 Å². The molecule has 0 heterocycles. The van der Waals surface area contributed by atoms with Gasteiger partial charge in [-0.15, -0.1) is 0 Å². The number of carbonyl (C=O) groups excluding carboxylic acids is 1. The molecule has 0 saturated carbocycles. The minimum atomic E-state index is -5.70. The predicted molar refractivity (Wildman–Crippen MR) is 117 cm³/mol. The maximum absolute atomic E-state index is 14.9. The lowest BCUT2D eigenvalue weighted by Crippen LogP contribution is -2.59. The van der Waals surface area contributed by atoms with Crippen LogP contribution in [0.4, 0.5) is 13.2 Å². The van der Waals surface area contributed by atoms with Gasteiger partial charge in [0, 0.05) is 12.3 Å². The summed E-state index contributed by atoms with van der Waals surface area (Å²) in [6, 6.07) is 8.94. The van der Waals surface area contributed by atoms with Gasteiger partial charge in [0.1, 0.15) is 0 Å². The number of hydrogen-bond acceptors (Lipinski definition) is 6. The maximum atomic E-state index is 14.9. The lowest BCUT2D eigenvalue weighted by molar-refractivity contribution is -0.158. The first kappa shape index (κ1) is 25.4. The lowest BCUT2D eigenvalue weighted by atomic mass is 9.82. The van der Waals surface area contributed by atoms with Crippen LogP contribution in [0.2, 0.25) is 0 Å². The average Bonchev–Trinajstić information content (AvgIpc) is 2.71. The van der Waals surface area contributed by atoms with Crippen molar-refractivity contribution in [2.24, 2.45) is 0 Å². The monoisotopic (exact) mass is 508 g/mol. The molecule has 0 aliphatic heterocycles. The Balaban J connectivity index is 2.54. The van der Waals surface area contributed by atoms with Crippen LogP contribution in [0.3, 0.4) is 0 Å². The van der Waals surface area contributed by atoms with E-state index in [2.05, 4.69) is 0 Å². The first-order valence-electron chi connectivity index (χ1n) is 9.57. The molecule has 6 nitrogen and oxygen atoms in total. The zero-order chi connectivity index (χ0) is 25.7. The highest BCUT2D eigenvalue weighted by Gasteiger charge is 2.71. The molecule has 2 aromatic carbocycles. The topological polar surface area (TPSA) is 109 Å².